The first-order valence-corrected chi connectivity index (χ1v) is 11.9. The van der Waals surface area contributed by atoms with Crippen molar-refractivity contribution >= 4 is 5.97 Å². The Morgan fingerprint density at radius 1 is 1.10 bits per heavy atom. The number of fused-ring (bicyclic) bond motifs is 3. The van der Waals surface area contributed by atoms with Crippen molar-refractivity contribution in [3.8, 4) is 0 Å². The summed E-state index contributed by atoms with van der Waals surface area (Å²) in [6, 6.07) is 14.5. The molecule has 4 heterocycles. The van der Waals surface area contributed by atoms with Gasteiger partial charge in [-0.1, -0.05) is 43.2 Å². The molecular weight excluding hydrogens is 390 g/mol. The Bertz CT molecular complexity index is 881. The molecule has 6 rings (SSSR count). The summed E-state index contributed by atoms with van der Waals surface area (Å²) >= 11 is 0. The van der Waals surface area contributed by atoms with Crippen LogP contribution in [0.4, 0.5) is 0 Å². The van der Waals surface area contributed by atoms with E-state index in [-0.39, 0.29) is 12.0 Å². The van der Waals surface area contributed by atoms with E-state index in [1.165, 1.54) is 11.8 Å². The third-order valence-corrected chi connectivity index (χ3v) is 8.48. The van der Waals surface area contributed by atoms with E-state index in [0.29, 0.717) is 17.7 Å². The monoisotopic (exact) mass is 424 g/mol. The van der Waals surface area contributed by atoms with Gasteiger partial charge in [0.2, 0.25) is 5.60 Å². The number of quaternary nitrogens is 1. The third kappa shape index (κ3) is 3.52. The number of rotatable bonds is 6. The lowest BCUT2D eigenvalue weighted by Crippen LogP contribution is -2.65. The van der Waals surface area contributed by atoms with Crippen LogP contribution < -0.4 is 0 Å². The number of hydrogen-bond donors (Lipinski definition) is 1. The van der Waals surface area contributed by atoms with Crippen molar-refractivity contribution in [3.05, 3.63) is 60.1 Å². The van der Waals surface area contributed by atoms with Crippen LogP contribution in [-0.2, 0) is 15.1 Å². The molecule has 1 aromatic heterocycles. The summed E-state index contributed by atoms with van der Waals surface area (Å²) in [4.78, 5) is 13.5. The van der Waals surface area contributed by atoms with E-state index in [0.717, 1.165) is 62.6 Å². The molecule has 4 fully saturated rings. The van der Waals surface area contributed by atoms with Gasteiger partial charge >= 0.3 is 5.97 Å². The summed E-state index contributed by atoms with van der Waals surface area (Å²) < 4.78 is 12.7. The lowest BCUT2D eigenvalue weighted by Gasteiger charge is -2.55. The normalized spacial score (nSPS) is 31.3. The van der Waals surface area contributed by atoms with Crippen LogP contribution >= 0.6 is 0 Å². The van der Waals surface area contributed by atoms with Crippen LogP contribution in [0.1, 0.15) is 62.8 Å². The van der Waals surface area contributed by atoms with Gasteiger partial charge in [-0.05, 0) is 31.9 Å². The van der Waals surface area contributed by atoms with Crippen LogP contribution in [0.25, 0.3) is 0 Å². The molecule has 3 aliphatic heterocycles. The second kappa shape index (κ2) is 8.10. The molecule has 1 aromatic carbocycles. The number of ether oxygens (including phenoxy) is 1. The van der Waals surface area contributed by atoms with E-state index >= 15 is 0 Å². The molecular formula is C26H34NO4+. The van der Waals surface area contributed by atoms with Gasteiger partial charge in [-0.2, -0.15) is 0 Å². The maximum atomic E-state index is 13.5. The quantitative estimate of drug-likeness (QED) is 0.545. The third-order valence-electron chi connectivity index (χ3n) is 8.48. The molecule has 5 heteroatoms. The molecule has 0 radical (unpaired) electrons. The number of aliphatic hydroxyl groups is 1. The standard InChI is InChI=1S/C26H34NO4/c1-19(20-8-3-2-4-9-20)27-15-13-21(14-16-27)23(18-27)31-25(28)26(29,22-10-5-6-11-22)24-12-7-17-30-24/h2-4,7-9,12,17,19,21-23,29H,5-6,10-11,13-16,18H2,1H3/q+1/t19?,21?,23-,26+,27?/m0/s1. The van der Waals surface area contributed by atoms with E-state index < -0.39 is 11.6 Å². The van der Waals surface area contributed by atoms with Crippen LogP contribution in [0.2, 0.25) is 0 Å². The highest BCUT2D eigenvalue weighted by Gasteiger charge is 2.55. The zero-order valence-corrected chi connectivity index (χ0v) is 18.4. The Kier molecular flexibility index (Phi) is 5.43. The molecule has 31 heavy (non-hydrogen) atoms. The van der Waals surface area contributed by atoms with Crippen LogP contribution in [0.15, 0.2) is 53.1 Å². The number of piperidine rings is 3. The number of furan rings is 1. The zero-order valence-electron chi connectivity index (χ0n) is 18.4. The van der Waals surface area contributed by atoms with Crippen LogP contribution in [0.5, 0.6) is 0 Å². The molecule has 1 N–H and O–H groups in total. The van der Waals surface area contributed by atoms with Crippen molar-refractivity contribution in [2.45, 2.75) is 63.2 Å². The molecule has 1 aliphatic carbocycles. The first kappa shape index (κ1) is 20.8. The molecule has 4 aliphatic rings. The summed E-state index contributed by atoms with van der Waals surface area (Å²) in [5.74, 6) is 0.0563. The second-order valence-corrected chi connectivity index (χ2v) is 9.94. The van der Waals surface area contributed by atoms with Crippen LogP contribution in [-0.4, -0.2) is 41.3 Å². The first-order valence-electron chi connectivity index (χ1n) is 11.9. The Morgan fingerprint density at radius 2 is 1.81 bits per heavy atom. The molecule has 166 valence electrons. The van der Waals surface area contributed by atoms with E-state index in [2.05, 4.69) is 37.3 Å². The Balaban J connectivity index is 1.37. The number of nitrogens with zero attached hydrogens (tertiary/aromatic N) is 1. The largest absolute Gasteiger partial charge is 0.466 e. The van der Waals surface area contributed by atoms with Crippen molar-refractivity contribution in [2.24, 2.45) is 11.8 Å². The fraction of sp³-hybridized carbons (Fsp3) is 0.577. The summed E-state index contributed by atoms with van der Waals surface area (Å²) in [5.41, 5.74) is -0.340. The van der Waals surface area contributed by atoms with Gasteiger partial charge in [-0.25, -0.2) is 4.79 Å². The van der Waals surface area contributed by atoms with Crippen molar-refractivity contribution in [1.82, 2.24) is 0 Å². The van der Waals surface area contributed by atoms with E-state index in [1.54, 1.807) is 12.1 Å². The summed E-state index contributed by atoms with van der Waals surface area (Å²) in [6.07, 6.45) is 7.22. The Labute approximate surface area is 184 Å². The second-order valence-electron chi connectivity index (χ2n) is 9.94. The lowest BCUT2D eigenvalue weighted by molar-refractivity contribution is -0.972. The smallest absolute Gasteiger partial charge is 0.346 e. The molecule has 3 atom stereocenters. The minimum atomic E-state index is -1.68. The van der Waals surface area contributed by atoms with Crippen molar-refractivity contribution in [1.29, 1.82) is 0 Å². The van der Waals surface area contributed by atoms with Gasteiger partial charge in [0.15, 0.2) is 6.10 Å². The number of carbonyl (C=O) groups excluding carboxylic acids is 1. The van der Waals surface area contributed by atoms with Gasteiger partial charge < -0.3 is 18.7 Å². The van der Waals surface area contributed by atoms with Crippen molar-refractivity contribution in [2.75, 3.05) is 19.6 Å². The highest BCUT2D eigenvalue weighted by molar-refractivity contribution is 5.81. The van der Waals surface area contributed by atoms with Crippen LogP contribution in [0.3, 0.4) is 0 Å². The predicted molar refractivity (Wildman–Crippen MR) is 117 cm³/mol. The van der Waals surface area contributed by atoms with Gasteiger partial charge in [0.1, 0.15) is 18.3 Å². The molecule has 1 saturated carbocycles. The summed E-state index contributed by atoms with van der Waals surface area (Å²) in [7, 11) is 0. The molecule has 3 saturated heterocycles. The molecule has 5 nitrogen and oxygen atoms in total. The fourth-order valence-electron chi connectivity index (χ4n) is 6.43. The van der Waals surface area contributed by atoms with Gasteiger partial charge in [-0.3, -0.25) is 0 Å². The molecule has 2 aromatic rings. The number of esters is 1. The average molecular weight is 425 g/mol. The molecule has 0 amide bonds. The van der Waals surface area contributed by atoms with E-state index in [4.69, 9.17) is 9.15 Å². The van der Waals surface area contributed by atoms with E-state index in [9.17, 15) is 9.90 Å². The highest BCUT2D eigenvalue weighted by atomic mass is 16.6. The Morgan fingerprint density at radius 3 is 2.45 bits per heavy atom. The Hall–Kier alpha value is -2.11. The van der Waals surface area contributed by atoms with Crippen LogP contribution in [0, 0.1) is 11.8 Å². The fourth-order valence-corrected chi connectivity index (χ4v) is 6.43. The molecule has 1 unspecified atom stereocenters. The maximum absolute atomic E-state index is 13.5. The number of hydrogen-bond acceptors (Lipinski definition) is 4. The highest BCUT2D eigenvalue weighted by Crippen LogP contribution is 2.45. The van der Waals surface area contributed by atoms with Crippen molar-refractivity contribution in [3.63, 3.8) is 0 Å². The SMILES string of the molecule is CC(c1ccccc1)[N+]12CCC(CC1)[C@@H](OC(=O)[C@](O)(c1ccco1)C1CCCC1)C2. The predicted octanol–water partition coefficient (Wildman–Crippen LogP) is 4.57. The lowest BCUT2D eigenvalue weighted by atomic mass is 9.80. The molecule has 2 bridgehead atoms. The topological polar surface area (TPSA) is 59.7 Å². The van der Waals surface area contributed by atoms with Gasteiger partial charge in [0.05, 0.1) is 19.4 Å². The number of benzene rings is 1. The van der Waals surface area contributed by atoms with Gasteiger partial charge in [0, 0.05) is 30.2 Å². The van der Waals surface area contributed by atoms with Crippen molar-refractivity contribution < 1.29 is 23.5 Å². The maximum Gasteiger partial charge on any atom is 0.346 e. The first-order chi connectivity index (χ1) is 15.0. The summed E-state index contributed by atoms with van der Waals surface area (Å²) in [5, 5.41) is 11.6. The minimum Gasteiger partial charge on any atom is -0.466 e. The minimum absolute atomic E-state index is 0.140. The zero-order chi connectivity index (χ0) is 21.5. The average Bonchev–Trinajstić information content (AvgIpc) is 3.54. The van der Waals surface area contributed by atoms with E-state index in [1.807, 2.05) is 0 Å². The molecule has 0 spiro atoms. The summed E-state index contributed by atoms with van der Waals surface area (Å²) in [6.45, 7) is 5.38. The van der Waals surface area contributed by atoms with Gasteiger partial charge in [0.25, 0.3) is 0 Å². The van der Waals surface area contributed by atoms with Gasteiger partial charge in [-0.15, -0.1) is 0 Å². The number of carbonyl (C=O) groups is 1.